The number of aryl methyl sites for hydroxylation is 1. The van der Waals surface area contributed by atoms with Gasteiger partial charge in [0.05, 0.1) is 18.2 Å². The number of esters is 1. The van der Waals surface area contributed by atoms with E-state index in [9.17, 15) is 4.79 Å². The Labute approximate surface area is 157 Å². The Hall–Kier alpha value is -3.21. The Morgan fingerprint density at radius 2 is 2.04 bits per heavy atom. The molecular weight excluding hydrogens is 338 g/mol. The number of ether oxygens (including phenoxy) is 1. The van der Waals surface area contributed by atoms with E-state index in [1.54, 1.807) is 6.20 Å². The summed E-state index contributed by atoms with van der Waals surface area (Å²) in [5, 5.41) is 0.956. The van der Waals surface area contributed by atoms with Crippen LogP contribution in [0.5, 0.6) is 0 Å². The topological polar surface area (TPSA) is 78.1 Å². The van der Waals surface area contributed by atoms with Crippen LogP contribution in [0.1, 0.15) is 23.2 Å². The minimum absolute atomic E-state index is 0.244. The van der Waals surface area contributed by atoms with Crippen molar-refractivity contribution in [3.05, 3.63) is 71.6 Å². The number of nitrogens with two attached hydrogens (primary N) is 1. The van der Waals surface area contributed by atoms with Crippen molar-refractivity contribution in [2.75, 3.05) is 12.8 Å². The zero-order chi connectivity index (χ0) is 18.9. The fourth-order valence-electron chi connectivity index (χ4n) is 3.79. The summed E-state index contributed by atoms with van der Waals surface area (Å²) in [6.07, 6.45) is 7.53. The van der Waals surface area contributed by atoms with E-state index >= 15 is 0 Å². The lowest BCUT2D eigenvalue weighted by atomic mass is 9.73. The van der Waals surface area contributed by atoms with Gasteiger partial charge in [-0.3, -0.25) is 9.78 Å². The van der Waals surface area contributed by atoms with E-state index in [1.165, 1.54) is 12.7 Å². The Balaban J connectivity index is 1.74. The van der Waals surface area contributed by atoms with Gasteiger partial charge in [0.25, 0.3) is 0 Å². The van der Waals surface area contributed by atoms with Crippen LogP contribution in [0.3, 0.4) is 0 Å². The third kappa shape index (κ3) is 3.05. The largest absolute Gasteiger partial charge is 0.468 e. The molecule has 136 valence electrons. The molecule has 4 rings (SSSR count). The van der Waals surface area contributed by atoms with Crippen molar-refractivity contribution >= 4 is 28.8 Å². The number of fused-ring (bicyclic) bond motifs is 3. The number of nitrogen functional groups attached to an aromatic ring is 1. The standard InChI is InChI=1S/C22H21N3O2/c1-27-21(26)22(11-9-15-6-3-2-4-7-15)12-10-16-17-8-5-13-24-19(17)20(23)25-18(16)14-22/h2-8,10,12-13H,9,11,14H2,1H3,(H2,23,25). The SMILES string of the molecule is COC(=O)C1(CCc2ccccc2)C=Cc2c(nc(N)c3ncccc23)C1. The molecule has 0 bridgehead atoms. The van der Waals surface area contributed by atoms with Crippen molar-refractivity contribution < 1.29 is 9.53 Å². The Morgan fingerprint density at radius 1 is 1.22 bits per heavy atom. The van der Waals surface area contributed by atoms with Crippen LogP contribution in [0, 0.1) is 5.41 Å². The monoisotopic (exact) mass is 359 g/mol. The second kappa shape index (κ2) is 6.83. The number of nitrogens with zero attached hydrogens (tertiary/aromatic N) is 2. The lowest BCUT2D eigenvalue weighted by Gasteiger charge is -2.31. The lowest BCUT2D eigenvalue weighted by Crippen LogP contribution is -2.35. The first-order valence-corrected chi connectivity index (χ1v) is 8.98. The molecule has 2 N–H and O–H groups in total. The molecule has 0 aliphatic heterocycles. The Bertz CT molecular complexity index is 1030. The molecule has 0 saturated heterocycles. The first-order valence-electron chi connectivity index (χ1n) is 8.98. The van der Waals surface area contributed by atoms with Crippen LogP contribution in [0.4, 0.5) is 5.82 Å². The van der Waals surface area contributed by atoms with E-state index in [-0.39, 0.29) is 5.97 Å². The van der Waals surface area contributed by atoms with Crippen LogP contribution in [0.2, 0.25) is 0 Å². The van der Waals surface area contributed by atoms with Crippen LogP contribution < -0.4 is 5.73 Å². The van der Waals surface area contributed by atoms with Crippen LogP contribution in [-0.4, -0.2) is 23.0 Å². The van der Waals surface area contributed by atoms with E-state index in [2.05, 4.69) is 22.1 Å². The van der Waals surface area contributed by atoms with Gasteiger partial charge >= 0.3 is 5.97 Å². The van der Waals surface area contributed by atoms with Gasteiger partial charge in [-0.1, -0.05) is 48.6 Å². The van der Waals surface area contributed by atoms with Gasteiger partial charge < -0.3 is 10.5 Å². The average molecular weight is 359 g/mol. The quantitative estimate of drug-likeness (QED) is 0.721. The van der Waals surface area contributed by atoms with Gasteiger partial charge in [0, 0.05) is 23.6 Å². The highest BCUT2D eigenvalue weighted by Crippen LogP contribution is 2.39. The maximum atomic E-state index is 12.7. The number of carbonyl (C=O) groups excluding carboxylic acids is 1. The van der Waals surface area contributed by atoms with Crippen LogP contribution in [0.15, 0.2) is 54.7 Å². The van der Waals surface area contributed by atoms with Gasteiger partial charge in [0.15, 0.2) is 0 Å². The fraction of sp³-hybridized carbons (Fsp3) is 0.227. The zero-order valence-electron chi connectivity index (χ0n) is 15.2. The van der Waals surface area contributed by atoms with E-state index in [0.29, 0.717) is 24.2 Å². The summed E-state index contributed by atoms with van der Waals surface area (Å²) in [6, 6.07) is 14.0. The van der Waals surface area contributed by atoms with E-state index in [0.717, 1.165) is 23.1 Å². The molecule has 3 aromatic rings. The molecule has 0 spiro atoms. The number of methoxy groups -OCH3 is 1. The normalized spacial score (nSPS) is 18.3. The van der Waals surface area contributed by atoms with Gasteiger partial charge in [-0.15, -0.1) is 0 Å². The maximum absolute atomic E-state index is 12.7. The molecule has 0 saturated carbocycles. The van der Waals surface area contributed by atoms with Crippen molar-refractivity contribution in [3.8, 4) is 0 Å². The molecule has 0 amide bonds. The summed E-state index contributed by atoms with van der Waals surface area (Å²) < 4.78 is 5.15. The molecule has 2 heterocycles. The number of benzene rings is 1. The fourth-order valence-corrected chi connectivity index (χ4v) is 3.79. The number of anilines is 1. The maximum Gasteiger partial charge on any atom is 0.316 e. The summed E-state index contributed by atoms with van der Waals surface area (Å²) in [6.45, 7) is 0. The van der Waals surface area contributed by atoms with E-state index in [1.807, 2.05) is 42.5 Å². The average Bonchev–Trinajstić information content (AvgIpc) is 2.72. The minimum Gasteiger partial charge on any atom is -0.468 e. The van der Waals surface area contributed by atoms with Crippen LogP contribution in [-0.2, 0) is 22.4 Å². The van der Waals surface area contributed by atoms with Gasteiger partial charge in [-0.25, -0.2) is 4.98 Å². The van der Waals surface area contributed by atoms with Crippen LogP contribution in [0.25, 0.3) is 17.0 Å². The summed E-state index contributed by atoms with van der Waals surface area (Å²) >= 11 is 0. The molecule has 0 fully saturated rings. The Morgan fingerprint density at radius 3 is 2.81 bits per heavy atom. The van der Waals surface area contributed by atoms with Gasteiger partial charge in [-0.05, 0) is 24.5 Å². The second-order valence-electron chi connectivity index (χ2n) is 6.90. The van der Waals surface area contributed by atoms with Crippen molar-refractivity contribution in [2.45, 2.75) is 19.3 Å². The van der Waals surface area contributed by atoms with Gasteiger partial charge in [-0.2, -0.15) is 0 Å². The molecule has 1 aliphatic carbocycles. The molecule has 5 heteroatoms. The minimum atomic E-state index is -0.743. The molecule has 2 aromatic heterocycles. The first kappa shape index (κ1) is 17.2. The van der Waals surface area contributed by atoms with Crippen molar-refractivity contribution in [1.82, 2.24) is 9.97 Å². The molecule has 0 radical (unpaired) electrons. The molecule has 27 heavy (non-hydrogen) atoms. The highest BCUT2D eigenvalue weighted by Gasteiger charge is 2.40. The number of rotatable bonds is 4. The van der Waals surface area contributed by atoms with Crippen LogP contribution >= 0.6 is 0 Å². The van der Waals surface area contributed by atoms with E-state index < -0.39 is 5.41 Å². The molecule has 1 aromatic carbocycles. The number of hydrogen-bond acceptors (Lipinski definition) is 5. The van der Waals surface area contributed by atoms with E-state index in [4.69, 9.17) is 10.5 Å². The van der Waals surface area contributed by atoms with Crippen molar-refractivity contribution in [2.24, 2.45) is 5.41 Å². The molecular formula is C22H21N3O2. The smallest absolute Gasteiger partial charge is 0.316 e. The third-order valence-corrected chi connectivity index (χ3v) is 5.25. The highest BCUT2D eigenvalue weighted by atomic mass is 16.5. The van der Waals surface area contributed by atoms with Crippen molar-refractivity contribution in [1.29, 1.82) is 0 Å². The first-order chi connectivity index (χ1) is 13.1. The summed E-state index contributed by atoms with van der Waals surface area (Å²) in [5.41, 5.74) is 9.06. The predicted molar refractivity (Wildman–Crippen MR) is 106 cm³/mol. The summed E-state index contributed by atoms with van der Waals surface area (Å²) in [7, 11) is 1.43. The third-order valence-electron chi connectivity index (χ3n) is 5.25. The summed E-state index contributed by atoms with van der Waals surface area (Å²) in [5.74, 6) is 0.147. The van der Waals surface area contributed by atoms with Crippen molar-refractivity contribution in [3.63, 3.8) is 0 Å². The number of aromatic nitrogens is 2. The predicted octanol–water partition coefficient (Wildman–Crippen LogP) is 3.57. The number of carbonyl (C=O) groups is 1. The highest BCUT2D eigenvalue weighted by molar-refractivity contribution is 5.96. The zero-order valence-corrected chi connectivity index (χ0v) is 15.2. The molecule has 1 unspecified atom stereocenters. The molecule has 1 aliphatic rings. The second-order valence-corrected chi connectivity index (χ2v) is 6.90. The summed E-state index contributed by atoms with van der Waals surface area (Å²) in [4.78, 5) is 21.6. The lowest BCUT2D eigenvalue weighted by molar-refractivity contribution is -0.150. The van der Waals surface area contributed by atoms with Gasteiger partial charge in [0.1, 0.15) is 11.3 Å². The molecule has 1 atom stereocenters. The number of hydrogen-bond donors (Lipinski definition) is 1. The number of pyridine rings is 2. The molecule has 5 nitrogen and oxygen atoms in total. The van der Waals surface area contributed by atoms with Gasteiger partial charge in [0.2, 0.25) is 0 Å². The Kier molecular flexibility index (Phi) is 4.36.